The maximum Gasteiger partial charge on any atom is 0.166 e. The van der Waals surface area contributed by atoms with Gasteiger partial charge in [-0.2, -0.15) is 0 Å². The van der Waals surface area contributed by atoms with E-state index in [0.29, 0.717) is 11.5 Å². The molecule has 1 fully saturated rings. The Morgan fingerprint density at radius 1 is 1.12 bits per heavy atom. The summed E-state index contributed by atoms with van der Waals surface area (Å²) in [6.45, 7) is 4.12. The van der Waals surface area contributed by atoms with Gasteiger partial charge in [0.2, 0.25) is 0 Å². The summed E-state index contributed by atoms with van der Waals surface area (Å²) in [6, 6.07) is 12.2. The van der Waals surface area contributed by atoms with E-state index in [4.69, 9.17) is 10.5 Å². The van der Waals surface area contributed by atoms with E-state index in [-0.39, 0.29) is 0 Å². The van der Waals surface area contributed by atoms with Crippen LogP contribution in [0.3, 0.4) is 0 Å². The lowest BCUT2D eigenvalue weighted by Gasteiger charge is -2.31. The first kappa shape index (κ1) is 16.5. The lowest BCUT2D eigenvalue weighted by Crippen LogP contribution is -2.37. The van der Waals surface area contributed by atoms with Gasteiger partial charge in [0.25, 0.3) is 0 Å². The molecule has 1 aliphatic rings. The number of fused-ring (bicyclic) bond motifs is 1. The molecule has 0 aliphatic carbocycles. The van der Waals surface area contributed by atoms with Gasteiger partial charge < -0.3 is 20.3 Å². The van der Waals surface area contributed by atoms with Gasteiger partial charge in [0.1, 0.15) is 18.0 Å². The van der Waals surface area contributed by atoms with E-state index in [0.717, 1.165) is 44.1 Å². The number of anilines is 3. The molecule has 134 valence electrons. The fourth-order valence-electron chi connectivity index (χ4n) is 3.34. The number of nitrogens with zero attached hydrogens (tertiary/aromatic N) is 5. The lowest BCUT2D eigenvalue weighted by molar-refractivity contribution is 0.122. The van der Waals surface area contributed by atoms with Crippen LogP contribution >= 0.6 is 0 Å². The number of nitrogens with two attached hydrogens (primary N) is 1. The number of hydrogen-bond acceptors (Lipinski definition) is 7. The van der Waals surface area contributed by atoms with Crippen LogP contribution < -0.4 is 15.5 Å². The maximum absolute atomic E-state index is 5.78. The van der Waals surface area contributed by atoms with Gasteiger partial charge in [-0.3, -0.25) is 0 Å². The average Bonchev–Trinajstić information content (AvgIpc) is 2.68. The van der Waals surface area contributed by atoms with Crippen LogP contribution in [0, 0.1) is 0 Å². The highest BCUT2D eigenvalue weighted by molar-refractivity contribution is 5.87. The summed E-state index contributed by atoms with van der Waals surface area (Å²) in [6.07, 6.45) is 1.54. The highest BCUT2D eigenvalue weighted by atomic mass is 16.5. The third-order valence-corrected chi connectivity index (χ3v) is 4.61. The van der Waals surface area contributed by atoms with Crippen LogP contribution in [0.5, 0.6) is 0 Å². The minimum Gasteiger partial charge on any atom is -0.384 e. The number of morpholine rings is 1. The molecule has 0 radical (unpaired) electrons. The SMILES string of the molecule is CN(Cc1ccccc1N1CCOCC1)c1ncnc2nc(N)ccc12. The molecule has 26 heavy (non-hydrogen) atoms. The summed E-state index contributed by atoms with van der Waals surface area (Å²) in [7, 11) is 2.04. The van der Waals surface area contributed by atoms with Crippen molar-refractivity contribution in [2.45, 2.75) is 6.54 Å². The topological polar surface area (TPSA) is 80.4 Å². The second-order valence-electron chi connectivity index (χ2n) is 6.39. The molecule has 2 aromatic heterocycles. The number of rotatable bonds is 4. The second-order valence-corrected chi connectivity index (χ2v) is 6.39. The average molecular weight is 350 g/mol. The van der Waals surface area contributed by atoms with E-state index in [9.17, 15) is 0 Å². The van der Waals surface area contributed by atoms with E-state index >= 15 is 0 Å². The van der Waals surface area contributed by atoms with Crippen LogP contribution in [0.1, 0.15) is 5.56 Å². The molecular formula is C19H22N6O. The molecule has 0 bridgehead atoms. The summed E-state index contributed by atoms with van der Waals surface area (Å²) in [5.74, 6) is 1.31. The number of aromatic nitrogens is 3. The van der Waals surface area contributed by atoms with Crippen LogP contribution in [-0.2, 0) is 11.3 Å². The molecule has 7 heteroatoms. The Labute approximate surface area is 152 Å². The lowest BCUT2D eigenvalue weighted by atomic mass is 10.1. The number of ether oxygens (including phenoxy) is 1. The predicted molar refractivity (Wildman–Crippen MR) is 103 cm³/mol. The molecule has 1 saturated heterocycles. The third kappa shape index (κ3) is 3.25. The summed E-state index contributed by atoms with van der Waals surface area (Å²) in [5, 5.41) is 0.896. The highest BCUT2D eigenvalue weighted by Crippen LogP contribution is 2.27. The number of para-hydroxylation sites is 1. The molecule has 0 amide bonds. The smallest absolute Gasteiger partial charge is 0.166 e. The van der Waals surface area contributed by atoms with Crippen molar-refractivity contribution < 1.29 is 4.74 Å². The first-order valence-corrected chi connectivity index (χ1v) is 8.71. The molecule has 1 aromatic carbocycles. The molecule has 4 rings (SSSR count). The Bertz CT molecular complexity index is 909. The van der Waals surface area contributed by atoms with Gasteiger partial charge in [0.05, 0.1) is 18.6 Å². The van der Waals surface area contributed by atoms with Gasteiger partial charge in [0.15, 0.2) is 5.65 Å². The van der Waals surface area contributed by atoms with Crippen molar-refractivity contribution >= 4 is 28.4 Å². The van der Waals surface area contributed by atoms with Crippen LogP contribution in [-0.4, -0.2) is 48.3 Å². The Balaban J connectivity index is 1.64. The number of hydrogen-bond donors (Lipinski definition) is 1. The maximum atomic E-state index is 5.78. The van der Waals surface area contributed by atoms with Gasteiger partial charge in [-0.05, 0) is 23.8 Å². The van der Waals surface area contributed by atoms with Crippen molar-refractivity contribution in [2.75, 3.05) is 48.9 Å². The zero-order valence-electron chi connectivity index (χ0n) is 14.8. The van der Waals surface area contributed by atoms with Gasteiger partial charge >= 0.3 is 0 Å². The van der Waals surface area contributed by atoms with Crippen molar-refractivity contribution in [1.29, 1.82) is 0 Å². The molecule has 3 aromatic rings. The van der Waals surface area contributed by atoms with E-state index in [2.05, 4.69) is 49.0 Å². The van der Waals surface area contributed by atoms with Crippen LogP contribution in [0.4, 0.5) is 17.3 Å². The number of benzene rings is 1. The Morgan fingerprint density at radius 2 is 1.92 bits per heavy atom. The highest BCUT2D eigenvalue weighted by Gasteiger charge is 2.17. The normalized spacial score (nSPS) is 14.6. The molecule has 0 saturated carbocycles. The minimum absolute atomic E-state index is 0.461. The standard InChI is InChI=1S/C19H22N6O/c1-24(19-15-6-7-17(20)23-18(15)21-13-22-19)12-14-4-2-3-5-16(14)25-8-10-26-11-9-25/h2-7,13H,8-12H2,1H3,(H2,20,21,22,23). The van der Waals surface area contributed by atoms with Crippen molar-refractivity contribution in [3.63, 3.8) is 0 Å². The Hall–Kier alpha value is -2.93. The molecule has 0 unspecified atom stereocenters. The van der Waals surface area contributed by atoms with Gasteiger partial charge in [0, 0.05) is 32.4 Å². The van der Waals surface area contributed by atoms with Gasteiger partial charge in [-0.1, -0.05) is 18.2 Å². The fourth-order valence-corrected chi connectivity index (χ4v) is 3.34. The zero-order valence-corrected chi connectivity index (χ0v) is 14.8. The zero-order chi connectivity index (χ0) is 17.9. The van der Waals surface area contributed by atoms with Crippen molar-refractivity contribution in [3.05, 3.63) is 48.3 Å². The summed E-state index contributed by atoms with van der Waals surface area (Å²) in [5.41, 5.74) is 8.90. The summed E-state index contributed by atoms with van der Waals surface area (Å²) in [4.78, 5) is 17.5. The predicted octanol–water partition coefficient (Wildman–Crippen LogP) is 2.08. The van der Waals surface area contributed by atoms with Crippen molar-refractivity contribution in [2.24, 2.45) is 0 Å². The van der Waals surface area contributed by atoms with E-state index < -0.39 is 0 Å². The van der Waals surface area contributed by atoms with Crippen molar-refractivity contribution in [3.8, 4) is 0 Å². The first-order valence-electron chi connectivity index (χ1n) is 8.71. The number of pyridine rings is 1. The van der Waals surface area contributed by atoms with E-state index in [1.807, 2.05) is 13.1 Å². The quantitative estimate of drug-likeness (QED) is 0.771. The molecule has 1 aliphatic heterocycles. The van der Waals surface area contributed by atoms with Gasteiger partial charge in [-0.25, -0.2) is 15.0 Å². The van der Waals surface area contributed by atoms with Crippen LogP contribution in [0.25, 0.3) is 11.0 Å². The van der Waals surface area contributed by atoms with Crippen LogP contribution in [0.15, 0.2) is 42.7 Å². The monoisotopic (exact) mass is 350 g/mol. The molecule has 0 spiro atoms. The summed E-state index contributed by atoms with van der Waals surface area (Å²) >= 11 is 0. The Morgan fingerprint density at radius 3 is 2.77 bits per heavy atom. The van der Waals surface area contributed by atoms with Gasteiger partial charge in [-0.15, -0.1) is 0 Å². The molecule has 3 heterocycles. The Kier molecular flexibility index (Phi) is 4.53. The third-order valence-electron chi connectivity index (χ3n) is 4.61. The molecular weight excluding hydrogens is 328 g/mol. The van der Waals surface area contributed by atoms with E-state index in [1.165, 1.54) is 17.6 Å². The fraction of sp³-hybridized carbons (Fsp3) is 0.316. The van der Waals surface area contributed by atoms with Crippen LogP contribution in [0.2, 0.25) is 0 Å². The molecule has 2 N–H and O–H groups in total. The first-order chi connectivity index (χ1) is 12.7. The number of nitrogen functional groups attached to an aromatic ring is 1. The molecule has 7 nitrogen and oxygen atoms in total. The largest absolute Gasteiger partial charge is 0.384 e. The van der Waals surface area contributed by atoms with Crippen molar-refractivity contribution in [1.82, 2.24) is 15.0 Å². The van der Waals surface area contributed by atoms with E-state index in [1.54, 1.807) is 6.07 Å². The molecule has 0 atom stereocenters. The minimum atomic E-state index is 0.461. The second kappa shape index (κ2) is 7.13. The summed E-state index contributed by atoms with van der Waals surface area (Å²) < 4.78 is 5.48.